The fourth-order valence-electron chi connectivity index (χ4n) is 0.730. The van der Waals surface area contributed by atoms with E-state index in [4.69, 9.17) is 0 Å². The van der Waals surface area contributed by atoms with Crippen LogP contribution in [0.2, 0.25) is 0 Å². The number of hydrogen-bond acceptors (Lipinski definition) is 0. The third-order valence-corrected chi connectivity index (χ3v) is 1.32. The molecule has 1 rings (SSSR count). The molecule has 1 radical (unpaired) electrons. The predicted molar refractivity (Wildman–Crippen MR) is 45.2 cm³/mol. The quantitative estimate of drug-likeness (QED) is 0.469. The zero-order valence-electron chi connectivity index (χ0n) is 7.26. The summed E-state index contributed by atoms with van der Waals surface area (Å²) in [6, 6.07) is 8.71. The second-order valence-electron chi connectivity index (χ2n) is 1.94. The summed E-state index contributed by atoms with van der Waals surface area (Å²) >= 11 is 0. The summed E-state index contributed by atoms with van der Waals surface area (Å²) in [5, 5.41) is 0. The SMILES string of the molecule is [CH2-]Cc1c[c-]ccc1[CH2-].[CH3-].[U+3].[W]. The molecule has 0 nitrogen and oxygen atoms in total. The summed E-state index contributed by atoms with van der Waals surface area (Å²) in [4.78, 5) is 0. The molecule has 63 valence electrons. The molecule has 0 heterocycles. The van der Waals surface area contributed by atoms with Crippen LogP contribution in [0.4, 0.5) is 0 Å². The minimum absolute atomic E-state index is 0. The maximum absolute atomic E-state index is 3.83. The molecule has 0 aliphatic heterocycles. The van der Waals surface area contributed by atoms with Crippen LogP contribution in [0, 0.1) is 58.5 Å². The monoisotopic (exact) mass is 554 g/mol. The fourth-order valence-corrected chi connectivity index (χ4v) is 0.730. The molecule has 0 N–H and O–H groups in total. The third-order valence-electron chi connectivity index (χ3n) is 1.32. The zero-order valence-corrected chi connectivity index (χ0v) is 14.4. The third kappa shape index (κ3) is 5.47. The minimum atomic E-state index is 0. The molecule has 0 aliphatic rings. The van der Waals surface area contributed by atoms with Crippen molar-refractivity contribution in [3.63, 3.8) is 0 Å². The van der Waals surface area contributed by atoms with Gasteiger partial charge in [0, 0.05) is 21.1 Å². The summed E-state index contributed by atoms with van der Waals surface area (Å²) < 4.78 is 0. The van der Waals surface area contributed by atoms with Crippen LogP contribution < -0.4 is 0 Å². The molecule has 0 spiro atoms. The Morgan fingerprint density at radius 3 is 2.33 bits per heavy atom. The zero-order chi connectivity index (χ0) is 6.69. The molecular weight excluding hydrogens is 542 g/mol. The van der Waals surface area contributed by atoms with E-state index in [0.717, 1.165) is 12.0 Å². The maximum Gasteiger partial charge on any atom is 3.00 e. The van der Waals surface area contributed by atoms with Crippen LogP contribution in [-0.4, -0.2) is 0 Å². The van der Waals surface area contributed by atoms with Crippen molar-refractivity contribution in [1.82, 2.24) is 0 Å². The Morgan fingerprint density at radius 1 is 1.42 bits per heavy atom. The van der Waals surface area contributed by atoms with Crippen molar-refractivity contribution in [2.45, 2.75) is 6.42 Å². The number of rotatable bonds is 1. The molecule has 0 amide bonds. The normalized spacial score (nSPS) is 7.08. The molecule has 0 unspecified atom stereocenters. The van der Waals surface area contributed by atoms with E-state index in [-0.39, 0.29) is 59.6 Å². The van der Waals surface area contributed by atoms with Crippen LogP contribution in [0.15, 0.2) is 18.2 Å². The van der Waals surface area contributed by atoms with Gasteiger partial charge in [-0.05, 0) is 0 Å². The standard InChI is InChI=1S/C9H9.CH3.U.W/c1-3-9-7-5-4-6-8(9)2;;;/h4,6-7H,1-3H2;1H3;;/q-3;-1;+3;. The van der Waals surface area contributed by atoms with Crippen LogP contribution in [0.5, 0.6) is 0 Å². The van der Waals surface area contributed by atoms with Gasteiger partial charge >= 0.3 is 31.1 Å². The smallest absolute Gasteiger partial charge is 0.358 e. The van der Waals surface area contributed by atoms with Crippen LogP contribution in [0.1, 0.15) is 11.1 Å². The van der Waals surface area contributed by atoms with Gasteiger partial charge in [-0.15, -0.1) is 0 Å². The molecule has 0 saturated heterocycles. The van der Waals surface area contributed by atoms with Gasteiger partial charge in [0.15, 0.2) is 0 Å². The molecule has 0 aliphatic carbocycles. The van der Waals surface area contributed by atoms with E-state index < -0.39 is 0 Å². The van der Waals surface area contributed by atoms with Gasteiger partial charge in [-0.3, -0.25) is 0 Å². The van der Waals surface area contributed by atoms with E-state index in [1.807, 2.05) is 18.2 Å². The molecule has 0 bridgehead atoms. The van der Waals surface area contributed by atoms with Gasteiger partial charge in [0.2, 0.25) is 0 Å². The second-order valence-corrected chi connectivity index (χ2v) is 1.94. The minimum Gasteiger partial charge on any atom is -0.358 e. The maximum atomic E-state index is 3.83. The Bertz CT molecular complexity index is 199. The number of hydrogen-bond donors (Lipinski definition) is 0. The molecule has 1 aromatic carbocycles. The average Bonchev–Trinajstić information content (AvgIpc) is 1.89. The van der Waals surface area contributed by atoms with Crippen molar-refractivity contribution in [3.8, 4) is 0 Å². The first-order valence-corrected chi connectivity index (χ1v) is 2.95. The second kappa shape index (κ2) is 9.91. The first-order valence-electron chi connectivity index (χ1n) is 2.95. The van der Waals surface area contributed by atoms with Gasteiger partial charge in [0.05, 0.1) is 0 Å². The molecule has 1 aromatic rings. The molecular formula is C10H12UW-. The van der Waals surface area contributed by atoms with E-state index in [1.54, 1.807) is 0 Å². The first-order chi connectivity index (χ1) is 4.34. The molecule has 0 aromatic heterocycles. The average molecular weight is 554 g/mol. The Hall–Kier alpha value is 0.830. The topological polar surface area (TPSA) is 0 Å². The van der Waals surface area contributed by atoms with Crippen LogP contribution in [0.25, 0.3) is 0 Å². The Labute approximate surface area is 114 Å². The van der Waals surface area contributed by atoms with Crippen LogP contribution in [0.3, 0.4) is 0 Å². The van der Waals surface area contributed by atoms with Gasteiger partial charge in [-0.25, -0.2) is 6.42 Å². The van der Waals surface area contributed by atoms with Crippen molar-refractivity contribution >= 4 is 0 Å². The van der Waals surface area contributed by atoms with Crippen LogP contribution in [-0.2, 0) is 27.5 Å². The van der Waals surface area contributed by atoms with Crippen molar-refractivity contribution in [2.75, 3.05) is 0 Å². The Kier molecular flexibility index (Phi) is 15.4. The Morgan fingerprint density at radius 2 is 2.00 bits per heavy atom. The van der Waals surface area contributed by atoms with Gasteiger partial charge < -0.3 is 14.4 Å². The van der Waals surface area contributed by atoms with Crippen molar-refractivity contribution in [1.29, 1.82) is 0 Å². The van der Waals surface area contributed by atoms with Crippen molar-refractivity contribution in [3.05, 3.63) is 56.7 Å². The van der Waals surface area contributed by atoms with Crippen LogP contribution >= 0.6 is 0 Å². The first kappa shape index (κ1) is 18.6. The fraction of sp³-hybridized carbons (Fsp3) is 0.100. The van der Waals surface area contributed by atoms with E-state index in [0.29, 0.717) is 0 Å². The molecule has 12 heavy (non-hydrogen) atoms. The summed E-state index contributed by atoms with van der Waals surface area (Å²) in [6.07, 6.45) is 0.802. The molecule has 0 fully saturated rings. The summed E-state index contributed by atoms with van der Waals surface area (Å²) in [5.41, 5.74) is 2.24. The van der Waals surface area contributed by atoms with Gasteiger partial charge in [0.1, 0.15) is 0 Å². The van der Waals surface area contributed by atoms with Gasteiger partial charge in [0.25, 0.3) is 0 Å². The predicted octanol–water partition coefficient (Wildman–Crippen LogP) is 2.49. The summed E-state index contributed by atoms with van der Waals surface area (Å²) in [7, 11) is 0. The van der Waals surface area contributed by atoms with Crippen molar-refractivity contribution in [2.24, 2.45) is 0 Å². The van der Waals surface area contributed by atoms with E-state index in [2.05, 4.69) is 19.9 Å². The van der Waals surface area contributed by atoms with E-state index in [1.165, 1.54) is 5.56 Å². The van der Waals surface area contributed by atoms with E-state index >= 15 is 0 Å². The summed E-state index contributed by atoms with van der Waals surface area (Å²) in [5.74, 6) is 0. The van der Waals surface area contributed by atoms with E-state index in [9.17, 15) is 0 Å². The van der Waals surface area contributed by atoms with Gasteiger partial charge in [-0.2, -0.15) is 42.3 Å². The summed E-state index contributed by atoms with van der Waals surface area (Å²) in [6.45, 7) is 7.59. The Balaban J connectivity index is -0.000000270. The molecule has 0 saturated carbocycles. The number of benzene rings is 1. The molecule has 2 heteroatoms. The van der Waals surface area contributed by atoms with Crippen molar-refractivity contribution < 1.29 is 52.2 Å². The van der Waals surface area contributed by atoms with Gasteiger partial charge in [-0.1, -0.05) is 0 Å². The largest absolute Gasteiger partial charge is 3.00 e. The molecule has 0 atom stereocenters.